The van der Waals surface area contributed by atoms with E-state index in [1.54, 1.807) is 0 Å². The molecule has 0 radical (unpaired) electrons. The lowest BCUT2D eigenvalue weighted by molar-refractivity contribution is 0.507. The third kappa shape index (κ3) is 7.12. The summed E-state index contributed by atoms with van der Waals surface area (Å²) in [7, 11) is 0. The highest BCUT2D eigenvalue weighted by molar-refractivity contribution is 14.0. The van der Waals surface area contributed by atoms with Crippen LogP contribution in [0.15, 0.2) is 17.4 Å². The SMILES string of the molecule is CCNC(=NCc1nccn1CC(C)C)NC(C)C.I. The van der Waals surface area contributed by atoms with Gasteiger partial charge in [-0.05, 0) is 26.7 Å². The number of guanidine groups is 1. The van der Waals surface area contributed by atoms with E-state index in [-0.39, 0.29) is 24.0 Å². The van der Waals surface area contributed by atoms with Crippen LogP contribution in [-0.2, 0) is 13.1 Å². The van der Waals surface area contributed by atoms with Crippen molar-refractivity contribution in [3.05, 3.63) is 18.2 Å². The van der Waals surface area contributed by atoms with E-state index in [0.29, 0.717) is 18.5 Å². The smallest absolute Gasteiger partial charge is 0.191 e. The lowest BCUT2D eigenvalue weighted by atomic mass is 10.2. The first-order valence-electron chi connectivity index (χ1n) is 7.07. The Morgan fingerprint density at radius 1 is 1.35 bits per heavy atom. The summed E-state index contributed by atoms with van der Waals surface area (Å²) in [5.74, 6) is 2.46. The van der Waals surface area contributed by atoms with Crippen molar-refractivity contribution in [2.75, 3.05) is 6.54 Å². The van der Waals surface area contributed by atoms with Gasteiger partial charge in [-0.3, -0.25) is 0 Å². The van der Waals surface area contributed by atoms with Crippen LogP contribution in [0.1, 0.15) is 40.4 Å². The summed E-state index contributed by atoms with van der Waals surface area (Å²) in [4.78, 5) is 8.96. The van der Waals surface area contributed by atoms with Crippen LogP contribution in [0.3, 0.4) is 0 Å². The molecule has 6 heteroatoms. The molecule has 0 spiro atoms. The first-order chi connectivity index (χ1) is 9.02. The zero-order chi connectivity index (χ0) is 14.3. The highest BCUT2D eigenvalue weighted by atomic mass is 127. The summed E-state index contributed by atoms with van der Waals surface area (Å²) in [5.41, 5.74) is 0. The van der Waals surface area contributed by atoms with Crippen molar-refractivity contribution < 1.29 is 0 Å². The number of aliphatic imine (C=N–C) groups is 1. The topological polar surface area (TPSA) is 54.2 Å². The number of halogens is 1. The molecule has 1 aromatic rings. The van der Waals surface area contributed by atoms with E-state index in [9.17, 15) is 0 Å². The molecule has 1 rings (SSSR count). The zero-order valence-corrected chi connectivity index (χ0v) is 15.5. The summed E-state index contributed by atoms with van der Waals surface area (Å²) in [6.07, 6.45) is 3.86. The molecular formula is C14H28IN5. The zero-order valence-electron chi connectivity index (χ0n) is 13.2. The molecule has 0 saturated heterocycles. The Balaban J connectivity index is 0.00000361. The lowest BCUT2D eigenvalue weighted by Crippen LogP contribution is -2.41. The maximum Gasteiger partial charge on any atom is 0.191 e. The Hall–Kier alpha value is -0.790. The van der Waals surface area contributed by atoms with Crippen LogP contribution < -0.4 is 10.6 Å². The second-order valence-corrected chi connectivity index (χ2v) is 5.38. The summed E-state index contributed by atoms with van der Waals surface area (Å²) in [6.45, 7) is 13.1. The predicted octanol–water partition coefficient (Wildman–Crippen LogP) is 2.62. The third-order valence-electron chi connectivity index (χ3n) is 2.51. The first kappa shape index (κ1) is 19.2. The van der Waals surface area contributed by atoms with Gasteiger partial charge in [0, 0.05) is 31.5 Å². The monoisotopic (exact) mass is 393 g/mol. The summed E-state index contributed by atoms with van der Waals surface area (Å²) < 4.78 is 2.17. The summed E-state index contributed by atoms with van der Waals surface area (Å²) >= 11 is 0. The van der Waals surface area contributed by atoms with Crippen LogP contribution in [0.4, 0.5) is 0 Å². The van der Waals surface area contributed by atoms with Crippen molar-refractivity contribution in [2.24, 2.45) is 10.9 Å². The summed E-state index contributed by atoms with van der Waals surface area (Å²) in [5, 5.41) is 6.54. The molecule has 0 amide bonds. The molecule has 2 N–H and O–H groups in total. The Morgan fingerprint density at radius 3 is 2.60 bits per heavy atom. The molecule has 0 bridgehead atoms. The Labute approximate surface area is 139 Å². The van der Waals surface area contributed by atoms with Gasteiger partial charge in [-0.15, -0.1) is 24.0 Å². The number of imidazole rings is 1. The number of hydrogen-bond donors (Lipinski definition) is 2. The quantitative estimate of drug-likeness (QED) is 0.444. The fourth-order valence-corrected chi connectivity index (χ4v) is 1.79. The summed E-state index contributed by atoms with van der Waals surface area (Å²) in [6, 6.07) is 0.369. The maximum absolute atomic E-state index is 4.58. The van der Waals surface area contributed by atoms with Crippen LogP contribution in [0.2, 0.25) is 0 Å². The average molecular weight is 393 g/mol. The van der Waals surface area contributed by atoms with Gasteiger partial charge in [0.05, 0.1) is 0 Å². The largest absolute Gasteiger partial charge is 0.357 e. The average Bonchev–Trinajstić information content (AvgIpc) is 2.72. The number of rotatable bonds is 6. The third-order valence-corrected chi connectivity index (χ3v) is 2.51. The van der Waals surface area contributed by atoms with Crippen LogP contribution >= 0.6 is 24.0 Å². The van der Waals surface area contributed by atoms with Gasteiger partial charge < -0.3 is 15.2 Å². The lowest BCUT2D eigenvalue weighted by Gasteiger charge is -2.14. The van der Waals surface area contributed by atoms with E-state index in [1.807, 2.05) is 12.4 Å². The Morgan fingerprint density at radius 2 is 2.05 bits per heavy atom. The van der Waals surface area contributed by atoms with Gasteiger partial charge in [0.2, 0.25) is 0 Å². The second-order valence-electron chi connectivity index (χ2n) is 5.38. The van der Waals surface area contributed by atoms with Crippen LogP contribution in [0.5, 0.6) is 0 Å². The molecule has 1 heterocycles. The molecule has 1 aromatic heterocycles. The van der Waals surface area contributed by atoms with Crippen molar-refractivity contribution in [3.8, 4) is 0 Å². The van der Waals surface area contributed by atoms with Gasteiger partial charge in [0.25, 0.3) is 0 Å². The fourth-order valence-electron chi connectivity index (χ4n) is 1.79. The van der Waals surface area contributed by atoms with Crippen molar-refractivity contribution in [1.29, 1.82) is 0 Å². The molecule has 0 aromatic carbocycles. The molecule has 0 saturated carbocycles. The number of nitrogens with one attached hydrogen (secondary N) is 2. The molecular weight excluding hydrogens is 365 g/mol. The van der Waals surface area contributed by atoms with Crippen LogP contribution in [0, 0.1) is 5.92 Å². The first-order valence-corrected chi connectivity index (χ1v) is 7.07. The molecule has 5 nitrogen and oxygen atoms in total. The van der Waals surface area contributed by atoms with Gasteiger partial charge in [0.1, 0.15) is 12.4 Å². The molecule has 20 heavy (non-hydrogen) atoms. The van der Waals surface area contributed by atoms with Gasteiger partial charge in [-0.1, -0.05) is 13.8 Å². The fraction of sp³-hybridized carbons (Fsp3) is 0.714. The molecule has 0 atom stereocenters. The van der Waals surface area contributed by atoms with Crippen LogP contribution in [0.25, 0.3) is 0 Å². The van der Waals surface area contributed by atoms with E-state index < -0.39 is 0 Å². The second kappa shape index (κ2) is 10.0. The minimum absolute atomic E-state index is 0. The van der Waals surface area contributed by atoms with Crippen molar-refractivity contribution in [2.45, 2.75) is 53.8 Å². The van der Waals surface area contributed by atoms with Gasteiger partial charge >= 0.3 is 0 Å². The Kier molecular flexibility index (Phi) is 9.62. The minimum atomic E-state index is 0. The molecule has 0 fully saturated rings. The van der Waals surface area contributed by atoms with Crippen molar-refractivity contribution >= 4 is 29.9 Å². The van der Waals surface area contributed by atoms with E-state index in [4.69, 9.17) is 0 Å². The van der Waals surface area contributed by atoms with Crippen molar-refractivity contribution in [3.63, 3.8) is 0 Å². The molecule has 0 aliphatic heterocycles. The van der Waals surface area contributed by atoms with Crippen molar-refractivity contribution in [1.82, 2.24) is 20.2 Å². The standard InChI is InChI=1S/C14H27N5.HI/c1-6-15-14(18-12(4)5)17-9-13-16-7-8-19(13)10-11(2)3;/h7-8,11-12H,6,9-10H2,1-5H3,(H2,15,17,18);1H. The number of hydrogen-bond acceptors (Lipinski definition) is 2. The maximum atomic E-state index is 4.58. The van der Waals surface area contributed by atoms with Gasteiger partial charge in [0.15, 0.2) is 5.96 Å². The van der Waals surface area contributed by atoms with Crippen LogP contribution in [-0.4, -0.2) is 28.1 Å². The normalized spacial score (nSPS) is 11.7. The molecule has 116 valence electrons. The highest BCUT2D eigenvalue weighted by Gasteiger charge is 2.05. The molecule has 0 unspecified atom stereocenters. The van der Waals surface area contributed by atoms with E-state index in [0.717, 1.165) is 24.9 Å². The number of aromatic nitrogens is 2. The van der Waals surface area contributed by atoms with Gasteiger partial charge in [-0.2, -0.15) is 0 Å². The number of nitrogens with zero attached hydrogens (tertiary/aromatic N) is 3. The highest BCUT2D eigenvalue weighted by Crippen LogP contribution is 2.04. The van der Waals surface area contributed by atoms with E-state index in [1.165, 1.54) is 0 Å². The Bertz CT molecular complexity index is 398. The minimum Gasteiger partial charge on any atom is -0.357 e. The van der Waals surface area contributed by atoms with E-state index >= 15 is 0 Å². The predicted molar refractivity (Wildman–Crippen MR) is 95.6 cm³/mol. The van der Waals surface area contributed by atoms with E-state index in [2.05, 4.69) is 59.8 Å². The molecule has 0 aliphatic rings. The van der Waals surface area contributed by atoms with Gasteiger partial charge in [-0.25, -0.2) is 9.98 Å². The molecule has 0 aliphatic carbocycles.